The summed E-state index contributed by atoms with van der Waals surface area (Å²) in [5.41, 5.74) is 1.04. The van der Waals surface area contributed by atoms with E-state index < -0.39 is 17.0 Å². The monoisotopic (exact) mass is 410 g/mol. The van der Waals surface area contributed by atoms with Crippen LogP contribution in [0.5, 0.6) is 11.5 Å². The van der Waals surface area contributed by atoms with Gasteiger partial charge in [0.2, 0.25) is 0 Å². The lowest BCUT2D eigenvalue weighted by Gasteiger charge is -2.24. The van der Waals surface area contributed by atoms with Crippen LogP contribution < -0.4 is 4.74 Å². The van der Waals surface area contributed by atoms with Gasteiger partial charge in [-0.2, -0.15) is 0 Å². The molecule has 0 aliphatic heterocycles. The molecule has 29 heavy (non-hydrogen) atoms. The predicted octanol–water partition coefficient (Wildman–Crippen LogP) is 7.32. The average molecular weight is 411 g/mol. The number of hydrogen-bond acceptors (Lipinski definition) is 1. The summed E-state index contributed by atoms with van der Waals surface area (Å²) in [6.45, 7) is 1.91. The van der Waals surface area contributed by atoms with Crippen LogP contribution in [0.3, 0.4) is 0 Å². The van der Waals surface area contributed by atoms with E-state index in [2.05, 4.69) is 5.92 Å². The number of aryl methyl sites for hydroxylation is 1. The molecule has 0 aromatic heterocycles. The molecule has 0 saturated carbocycles. The summed E-state index contributed by atoms with van der Waals surface area (Å²) >= 11 is 5.77. The number of ether oxygens (including phenoxy) is 1. The molecule has 0 fully saturated rings. The highest BCUT2D eigenvalue weighted by atomic mass is 35.5. The Kier molecular flexibility index (Phi) is 6.56. The Morgan fingerprint density at radius 2 is 1.76 bits per heavy atom. The van der Waals surface area contributed by atoms with Crippen LogP contribution in [0.2, 0.25) is 5.02 Å². The van der Waals surface area contributed by atoms with Crippen LogP contribution in [-0.4, -0.2) is 0 Å². The maximum atomic E-state index is 14.1. The van der Waals surface area contributed by atoms with Gasteiger partial charge in [0.25, 0.3) is 0 Å². The number of para-hydroxylation sites is 1. The second-order valence-corrected chi connectivity index (χ2v) is 7.55. The number of benzene rings is 3. The topological polar surface area (TPSA) is 9.23 Å². The summed E-state index contributed by atoms with van der Waals surface area (Å²) in [6, 6.07) is 18.6. The minimum absolute atomic E-state index is 0.0744. The van der Waals surface area contributed by atoms with Crippen LogP contribution in [0.4, 0.5) is 8.78 Å². The van der Waals surface area contributed by atoms with E-state index in [-0.39, 0.29) is 10.8 Å². The molecule has 0 heterocycles. The molecule has 1 atom stereocenters. The van der Waals surface area contributed by atoms with Crippen molar-refractivity contribution >= 4 is 11.6 Å². The first-order chi connectivity index (χ1) is 13.9. The van der Waals surface area contributed by atoms with Crippen molar-refractivity contribution in [2.75, 3.05) is 0 Å². The van der Waals surface area contributed by atoms with E-state index in [1.54, 1.807) is 30.3 Å². The molecule has 0 spiro atoms. The zero-order valence-corrected chi connectivity index (χ0v) is 16.8. The van der Waals surface area contributed by atoms with Gasteiger partial charge in [-0.15, -0.1) is 6.42 Å². The molecule has 0 aliphatic carbocycles. The molecule has 0 radical (unpaired) electrons. The third kappa shape index (κ3) is 5.16. The number of hydrogen-bond donors (Lipinski definition) is 0. The summed E-state index contributed by atoms with van der Waals surface area (Å²) in [6.07, 6.45) is 7.86. The molecule has 3 aromatic rings. The standard InChI is InChI=1S/C25H21ClF2O/c1-3-25(2,19-12-13-21(26)23(28)17-19)15-7-8-18-11-14-22(27)24(16-18)29-20-9-5-4-6-10-20/h1,4-6,9-14,16-17H,7-8,15H2,2H3. The van der Waals surface area contributed by atoms with Gasteiger partial charge in [0.1, 0.15) is 11.6 Å². The maximum absolute atomic E-state index is 14.1. The van der Waals surface area contributed by atoms with Crippen LogP contribution in [0.25, 0.3) is 0 Å². The summed E-state index contributed by atoms with van der Waals surface area (Å²) in [5, 5.41) is 0.0744. The van der Waals surface area contributed by atoms with Crippen LogP contribution in [0.1, 0.15) is 30.9 Å². The van der Waals surface area contributed by atoms with Gasteiger partial charge in [0, 0.05) is 0 Å². The van der Waals surface area contributed by atoms with Gasteiger partial charge in [0.15, 0.2) is 11.6 Å². The second-order valence-electron chi connectivity index (χ2n) is 7.14. The molecule has 0 saturated heterocycles. The van der Waals surface area contributed by atoms with Gasteiger partial charge in [-0.05, 0) is 73.7 Å². The van der Waals surface area contributed by atoms with Gasteiger partial charge in [0.05, 0.1) is 10.4 Å². The van der Waals surface area contributed by atoms with E-state index in [1.807, 2.05) is 25.1 Å². The summed E-state index contributed by atoms with van der Waals surface area (Å²) in [7, 11) is 0. The van der Waals surface area contributed by atoms with Gasteiger partial charge >= 0.3 is 0 Å². The molecule has 0 aliphatic rings. The van der Waals surface area contributed by atoms with Crippen molar-refractivity contribution in [2.45, 2.75) is 31.6 Å². The van der Waals surface area contributed by atoms with E-state index in [9.17, 15) is 8.78 Å². The highest BCUT2D eigenvalue weighted by Crippen LogP contribution is 2.32. The van der Waals surface area contributed by atoms with E-state index in [1.165, 1.54) is 18.2 Å². The summed E-state index contributed by atoms with van der Waals surface area (Å²) in [4.78, 5) is 0. The predicted molar refractivity (Wildman–Crippen MR) is 113 cm³/mol. The van der Waals surface area contributed by atoms with Crippen molar-refractivity contribution in [1.29, 1.82) is 0 Å². The smallest absolute Gasteiger partial charge is 0.165 e. The Labute approximate surface area is 175 Å². The van der Waals surface area contributed by atoms with Crippen LogP contribution in [-0.2, 0) is 11.8 Å². The maximum Gasteiger partial charge on any atom is 0.165 e. The van der Waals surface area contributed by atoms with Crippen molar-refractivity contribution in [3.05, 3.63) is 94.5 Å². The Morgan fingerprint density at radius 3 is 2.45 bits per heavy atom. The van der Waals surface area contributed by atoms with Crippen LogP contribution in [0.15, 0.2) is 66.7 Å². The lowest BCUT2D eigenvalue weighted by Crippen LogP contribution is -2.20. The zero-order chi connectivity index (χ0) is 20.9. The fraction of sp³-hybridized carbons (Fsp3) is 0.200. The Hall–Kier alpha value is -2.83. The van der Waals surface area contributed by atoms with E-state index >= 15 is 0 Å². The third-order valence-electron chi connectivity index (χ3n) is 4.98. The molecule has 0 N–H and O–H groups in total. The van der Waals surface area contributed by atoms with Gasteiger partial charge in [-0.1, -0.05) is 47.9 Å². The molecule has 3 rings (SSSR count). The van der Waals surface area contributed by atoms with Crippen LogP contribution in [0, 0.1) is 24.0 Å². The van der Waals surface area contributed by atoms with Gasteiger partial charge in [-0.25, -0.2) is 8.78 Å². The molecular weight excluding hydrogens is 390 g/mol. The molecule has 0 bridgehead atoms. The summed E-state index contributed by atoms with van der Waals surface area (Å²) in [5.74, 6) is 2.66. The van der Waals surface area contributed by atoms with E-state index in [4.69, 9.17) is 22.8 Å². The third-order valence-corrected chi connectivity index (χ3v) is 5.29. The molecule has 3 aromatic carbocycles. The average Bonchev–Trinajstić information content (AvgIpc) is 2.73. The van der Waals surface area contributed by atoms with Crippen LogP contribution >= 0.6 is 11.6 Å². The normalized spacial score (nSPS) is 12.8. The Morgan fingerprint density at radius 1 is 1.00 bits per heavy atom. The quantitative estimate of drug-likeness (QED) is 0.370. The van der Waals surface area contributed by atoms with Crippen molar-refractivity contribution < 1.29 is 13.5 Å². The Balaban J connectivity index is 1.68. The van der Waals surface area contributed by atoms with Crippen molar-refractivity contribution in [2.24, 2.45) is 0 Å². The molecule has 148 valence electrons. The van der Waals surface area contributed by atoms with Crippen molar-refractivity contribution in [1.82, 2.24) is 0 Å². The molecule has 4 heteroatoms. The first-order valence-electron chi connectivity index (χ1n) is 9.36. The minimum Gasteiger partial charge on any atom is -0.454 e. The van der Waals surface area contributed by atoms with Crippen molar-refractivity contribution in [3.63, 3.8) is 0 Å². The van der Waals surface area contributed by atoms with E-state index in [0.29, 0.717) is 24.2 Å². The number of rotatable bonds is 7. The number of terminal acetylenes is 1. The lowest BCUT2D eigenvalue weighted by molar-refractivity contribution is 0.441. The minimum atomic E-state index is -0.616. The fourth-order valence-corrected chi connectivity index (χ4v) is 3.30. The van der Waals surface area contributed by atoms with Crippen molar-refractivity contribution in [3.8, 4) is 23.8 Å². The molecule has 1 unspecified atom stereocenters. The second kappa shape index (κ2) is 9.11. The SMILES string of the molecule is C#CC(C)(CCCc1ccc(F)c(Oc2ccccc2)c1)c1ccc(Cl)c(F)c1. The Bertz CT molecular complexity index is 1030. The molecular formula is C25H21ClF2O. The highest BCUT2D eigenvalue weighted by Gasteiger charge is 2.24. The zero-order valence-electron chi connectivity index (χ0n) is 16.1. The lowest BCUT2D eigenvalue weighted by atomic mass is 9.78. The highest BCUT2D eigenvalue weighted by molar-refractivity contribution is 6.30. The largest absolute Gasteiger partial charge is 0.454 e. The summed E-state index contributed by atoms with van der Waals surface area (Å²) < 4.78 is 33.6. The first-order valence-corrected chi connectivity index (χ1v) is 9.74. The first kappa shape index (κ1) is 20.9. The molecule has 0 amide bonds. The van der Waals surface area contributed by atoms with E-state index in [0.717, 1.165) is 12.0 Å². The molecule has 1 nitrogen and oxygen atoms in total. The van der Waals surface area contributed by atoms with Gasteiger partial charge in [-0.3, -0.25) is 0 Å². The van der Waals surface area contributed by atoms with Gasteiger partial charge < -0.3 is 4.74 Å². The fourth-order valence-electron chi connectivity index (χ4n) is 3.18. The number of halogens is 3.